The third kappa shape index (κ3) is 6.23. The lowest BCUT2D eigenvalue weighted by Crippen LogP contribution is -2.43. The second-order valence-corrected chi connectivity index (χ2v) is 8.99. The van der Waals surface area contributed by atoms with E-state index < -0.39 is 0 Å². The Morgan fingerprint density at radius 3 is 2.61 bits per heavy atom. The van der Waals surface area contributed by atoms with E-state index in [0.717, 1.165) is 42.7 Å². The highest BCUT2D eigenvalue weighted by molar-refractivity contribution is 6.30. The second-order valence-electron chi connectivity index (χ2n) is 8.56. The van der Waals surface area contributed by atoms with E-state index in [1.807, 2.05) is 23.9 Å². The standard InChI is InChI=1S/C24H37ClN6/c1-6-26-24(28-17(2)14-22-18(3)29-30(5)19(22)4)27-16-23(31-12-7-8-13-31)20-10-9-11-21(25)15-20/h9-11,15,17,23H,6-8,12-14,16H2,1-5H3,(H2,26,27,28). The number of aryl methyl sites for hydroxylation is 2. The topological polar surface area (TPSA) is 57.5 Å². The van der Waals surface area contributed by atoms with Crippen LogP contribution in [-0.4, -0.2) is 52.9 Å². The molecule has 7 heteroatoms. The molecule has 0 radical (unpaired) electrons. The molecule has 0 saturated carbocycles. The van der Waals surface area contributed by atoms with Crippen LogP contribution >= 0.6 is 11.6 Å². The van der Waals surface area contributed by atoms with Gasteiger partial charge >= 0.3 is 0 Å². The van der Waals surface area contributed by atoms with Gasteiger partial charge in [0.25, 0.3) is 0 Å². The first-order valence-corrected chi connectivity index (χ1v) is 11.8. The Morgan fingerprint density at radius 2 is 2.00 bits per heavy atom. The van der Waals surface area contributed by atoms with Crippen molar-refractivity contribution in [2.45, 2.75) is 59.0 Å². The minimum Gasteiger partial charge on any atom is -0.357 e. The van der Waals surface area contributed by atoms with Gasteiger partial charge in [-0.3, -0.25) is 14.6 Å². The number of hydrogen-bond donors (Lipinski definition) is 2. The van der Waals surface area contributed by atoms with Gasteiger partial charge in [-0.25, -0.2) is 0 Å². The Labute approximate surface area is 192 Å². The van der Waals surface area contributed by atoms with Crippen LogP contribution in [-0.2, 0) is 13.5 Å². The number of likely N-dealkylation sites (tertiary alicyclic amines) is 1. The summed E-state index contributed by atoms with van der Waals surface area (Å²) in [7, 11) is 2.00. The molecule has 6 nitrogen and oxygen atoms in total. The van der Waals surface area contributed by atoms with Gasteiger partial charge in [0.05, 0.1) is 18.3 Å². The first kappa shape index (κ1) is 23.6. The zero-order valence-electron chi connectivity index (χ0n) is 19.6. The van der Waals surface area contributed by atoms with Crippen molar-refractivity contribution >= 4 is 17.6 Å². The third-order valence-corrected chi connectivity index (χ3v) is 6.37. The minimum atomic E-state index is 0.245. The lowest BCUT2D eigenvalue weighted by molar-refractivity contribution is 0.251. The molecule has 31 heavy (non-hydrogen) atoms. The molecule has 3 rings (SSSR count). The molecular formula is C24H37ClN6. The lowest BCUT2D eigenvalue weighted by atomic mass is 10.1. The quantitative estimate of drug-likeness (QED) is 0.477. The van der Waals surface area contributed by atoms with Gasteiger partial charge in [-0.05, 0) is 83.3 Å². The van der Waals surface area contributed by atoms with E-state index in [-0.39, 0.29) is 12.1 Å². The van der Waals surface area contributed by atoms with Crippen molar-refractivity contribution in [1.29, 1.82) is 0 Å². The number of nitrogens with zero attached hydrogens (tertiary/aromatic N) is 4. The Bertz CT molecular complexity index is 884. The van der Waals surface area contributed by atoms with Gasteiger partial charge in [-0.15, -0.1) is 0 Å². The highest BCUT2D eigenvalue weighted by atomic mass is 35.5. The van der Waals surface area contributed by atoms with Crippen molar-refractivity contribution in [1.82, 2.24) is 25.3 Å². The zero-order valence-corrected chi connectivity index (χ0v) is 20.3. The molecule has 2 atom stereocenters. The van der Waals surface area contributed by atoms with Crippen molar-refractivity contribution in [3.05, 3.63) is 51.8 Å². The van der Waals surface area contributed by atoms with Crippen molar-refractivity contribution in [3.63, 3.8) is 0 Å². The van der Waals surface area contributed by atoms with Gasteiger partial charge in [0.1, 0.15) is 0 Å². The van der Waals surface area contributed by atoms with E-state index in [1.54, 1.807) is 0 Å². The maximum atomic E-state index is 6.30. The van der Waals surface area contributed by atoms with Crippen LogP contribution in [0, 0.1) is 13.8 Å². The van der Waals surface area contributed by atoms with Gasteiger partial charge in [0, 0.05) is 30.4 Å². The first-order valence-electron chi connectivity index (χ1n) is 11.4. The van der Waals surface area contributed by atoms with Crippen LogP contribution in [0.15, 0.2) is 29.3 Å². The zero-order chi connectivity index (χ0) is 22.4. The van der Waals surface area contributed by atoms with Crippen LogP contribution < -0.4 is 10.6 Å². The molecule has 1 saturated heterocycles. The summed E-state index contributed by atoms with van der Waals surface area (Å²) in [6, 6.07) is 8.71. The number of halogens is 1. The van der Waals surface area contributed by atoms with E-state index in [9.17, 15) is 0 Å². The van der Waals surface area contributed by atoms with E-state index in [0.29, 0.717) is 6.54 Å². The molecule has 2 N–H and O–H groups in total. The fraction of sp³-hybridized carbons (Fsp3) is 0.583. The SMILES string of the molecule is CCNC(=NCC(c1cccc(Cl)c1)N1CCCC1)NC(C)Cc1c(C)nn(C)c1C. The van der Waals surface area contributed by atoms with Crippen molar-refractivity contribution in [3.8, 4) is 0 Å². The van der Waals surface area contributed by atoms with Gasteiger partial charge in [0.15, 0.2) is 5.96 Å². The molecule has 170 valence electrons. The lowest BCUT2D eigenvalue weighted by Gasteiger charge is -2.27. The number of benzene rings is 1. The normalized spacial score (nSPS) is 17.0. The monoisotopic (exact) mass is 444 g/mol. The summed E-state index contributed by atoms with van der Waals surface area (Å²) in [5.74, 6) is 0.862. The van der Waals surface area contributed by atoms with Crippen LogP contribution in [0.25, 0.3) is 0 Å². The van der Waals surface area contributed by atoms with Gasteiger partial charge in [-0.2, -0.15) is 5.10 Å². The summed E-state index contributed by atoms with van der Waals surface area (Å²) >= 11 is 6.30. The van der Waals surface area contributed by atoms with Crippen molar-refractivity contribution in [2.24, 2.45) is 12.0 Å². The maximum Gasteiger partial charge on any atom is 0.191 e. The largest absolute Gasteiger partial charge is 0.357 e. The van der Waals surface area contributed by atoms with Gasteiger partial charge < -0.3 is 10.6 Å². The number of aliphatic imine (C=N–C) groups is 1. The van der Waals surface area contributed by atoms with Crippen molar-refractivity contribution < 1.29 is 0 Å². The third-order valence-electron chi connectivity index (χ3n) is 6.13. The van der Waals surface area contributed by atoms with Crippen LogP contribution in [0.2, 0.25) is 5.02 Å². The predicted molar refractivity (Wildman–Crippen MR) is 130 cm³/mol. The molecule has 1 aromatic carbocycles. The molecule has 2 unspecified atom stereocenters. The number of guanidine groups is 1. The van der Waals surface area contributed by atoms with Gasteiger partial charge in [-0.1, -0.05) is 23.7 Å². The number of hydrogen-bond acceptors (Lipinski definition) is 3. The highest BCUT2D eigenvalue weighted by Crippen LogP contribution is 2.27. The van der Waals surface area contributed by atoms with Crippen LogP contribution in [0.5, 0.6) is 0 Å². The summed E-state index contributed by atoms with van der Waals surface area (Å²) in [5.41, 5.74) is 4.88. The minimum absolute atomic E-state index is 0.245. The van der Waals surface area contributed by atoms with Crippen molar-refractivity contribution in [2.75, 3.05) is 26.2 Å². The Balaban J connectivity index is 1.72. The molecule has 0 amide bonds. The van der Waals surface area contributed by atoms with Crippen LogP contribution in [0.3, 0.4) is 0 Å². The fourth-order valence-electron chi connectivity index (χ4n) is 4.40. The van der Waals surface area contributed by atoms with Gasteiger partial charge in [0.2, 0.25) is 0 Å². The smallest absolute Gasteiger partial charge is 0.191 e. The van der Waals surface area contributed by atoms with E-state index in [4.69, 9.17) is 16.6 Å². The highest BCUT2D eigenvalue weighted by Gasteiger charge is 2.24. The Morgan fingerprint density at radius 1 is 1.26 bits per heavy atom. The van der Waals surface area contributed by atoms with Crippen LogP contribution in [0.1, 0.15) is 55.2 Å². The van der Waals surface area contributed by atoms with E-state index in [2.05, 4.69) is 60.5 Å². The summed E-state index contributed by atoms with van der Waals surface area (Å²) < 4.78 is 1.96. The average Bonchev–Trinajstić information content (AvgIpc) is 3.33. The van der Waals surface area contributed by atoms with E-state index >= 15 is 0 Å². The molecule has 1 aromatic heterocycles. The number of nitrogens with one attached hydrogen (secondary N) is 2. The molecule has 2 heterocycles. The summed E-state index contributed by atoms with van der Waals surface area (Å²) in [6.07, 6.45) is 3.42. The Kier molecular flexibility index (Phi) is 8.38. The summed E-state index contributed by atoms with van der Waals surface area (Å²) in [5, 5.41) is 12.3. The van der Waals surface area contributed by atoms with Crippen LogP contribution in [0.4, 0.5) is 0 Å². The number of aromatic nitrogens is 2. The molecule has 1 aliphatic heterocycles. The second kappa shape index (κ2) is 11.0. The maximum absolute atomic E-state index is 6.30. The number of rotatable bonds is 8. The average molecular weight is 445 g/mol. The predicted octanol–water partition coefficient (Wildman–Crippen LogP) is 4.01. The molecule has 0 spiro atoms. The molecule has 1 aliphatic rings. The fourth-order valence-corrected chi connectivity index (χ4v) is 4.60. The molecule has 1 fully saturated rings. The first-order chi connectivity index (χ1) is 14.9. The Hall–Kier alpha value is -2.05. The molecule has 0 aliphatic carbocycles. The molecular weight excluding hydrogens is 408 g/mol. The summed E-state index contributed by atoms with van der Waals surface area (Å²) in [6.45, 7) is 12.3. The van der Waals surface area contributed by atoms with E-state index in [1.165, 1.54) is 29.7 Å². The summed E-state index contributed by atoms with van der Waals surface area (Å²) in [4.78, 5) is 7.52. The molecule has 2 aromatic rings. The molecule has 0 bridgehead atoms.